The summed E-state index contributed by atoms with van der Waals surface area (Å²) in [6.45, 7) is 3.82. The molecule has 2 N–H and O–H groups in total. The van der Waals surface area contributed by atoms with E-state index in [4.69, 9.17) is 14.8 Å². The van der Waals surface area contributed by atoms with Gasteiger partial charge in [-0.05, 0) is 75.6 Å². The van der Waals surface area contributed by atoms with Crippen LogP contribution in [0, 0.1) is 12.8 Å². The van der Waals surface area contributed by atoms with Gasteiger partial charge < -0.3 is 19.7 Å². The van der Waals surface area contributed by atoms with Crippen molar-refractivity contribution in [1.29, 1.82) is 0 Å². The third-order valence-corrected chi connectivity index (χ3v) is 6.91. The molecule has 3 aromatic rings. The number of aliphatic carboxylic acids is 1. The van der Waals surface area contributed by atoms with Gasteiger partial charge in [-0.25, -0.2) is 15.0 Å². The van der Waals surface area contributed by atoms with Crippen LogP contribution in [0.4, 0.5) is 5.82 Å². The highest BCUT2D eigenvalue weighted by Gasteiger charge is 2.28. The second-order valence-corrected chi connectivity index (χ2v) is 9.38. The Balaban J connectivity index is 1.12. The Labute approximate surface area is 193 Å². The predicted octanol–water partition coefficient (Wildman–Crippen LogP) is 4.35. The number of hydrogen-bond donors (Lipinski definition) is 2. The van der Waals surface area contributed by atoms with E-state index in [-0.39, 0.29) is 12.2 Å². The van der Waals surface area contributed by atoms with E-state index >= 15 is 0 Å². The first-order chi connectivity index (χ1) is 16.0. The van der Waals surface area contributed by atoms with Crippen LogP contribution < -0.4 is 4.90 Å². The van der Waals surface area contributed by atoms with Crippen molar-refractivity contribution in [3.63, 3.8) is 0 Å². The number of carbonyl (C=O) groups is 1. The number of nitrogens with zero attached hydrogens (tertiary/aromatic N) is 4. The maximum absolute atomic E-state index is 10.9. The maximum Gasteiger partial charge on any atom is 0.303 e. The smallest absolute Gasteiger partial charge is 0.303 e. The molecule has 0 amide bonds. The van der Waals surface area contributed by atoms with Crippen molar-refractivity contribution in [3.05, 3.63) is 36.2 Å². The van der Waals surface area contributed by atoms with Gasteiger partial charge in [0.15, 0.2) is 5.65 Å². The Bertz CT molecular complexity index is 1100. The van der Waals surface area contributed by atoms with Crippen molar-refractivity contribution in [1.82, 2.24) is 19.9 Å². The zero-order chi connectivity index (χ0) is 22.8. The van der Waals surface area contributed by atoms with E-state index in [1.807, 2.05) is 25.3 Å². The quantitative estimate of drug-likeness (QED) is 0.576. The number of nitrogens with one attached hydrogen (secondary N) is 1. The first kappa shape index (κ1) is 21.8. The van der Waals surface area contributed by atoms with Crippen LogP contribution in [-0.4, -0.2) is 56.3 Å². The normalized spacial score (nSPS) is 22.0. The minimum Gasteiger partial charge on any atom is -0.481 e. The molecule has 1 aliphatic heterocycles. The molecule has 0 unspecified atom stereocenters. The fourth-order valence-corrected chi connectivity index (χ4v) is 5.05. The largest absolute Gasteiger partial charge is 0.481 e. The average molecular weight is 450 g/mol. The third kappa shape index (κ3) is 5.16. The van der Waals surface area contributed by atoms with Gasteiger partial charge in [-0.2, -0.15) is 0 Å². The lowest BCUT2D eigenvalue weighted by molar-refractivity contribution is -0.138. The Morgan fingerprint density at radius 2 is 1.82 bits per heavy atom. The number of H-pyrrole nitrogens is 1. The monoisotopic (exact) mass is 449 g/mol. The molecule has 0 spiro atoms. The summed E-state index contributed by atoms with van der Waals surface area (Å²) in [6.07, 6.45) is 8.62. The lowest BCUT2D eigenvalue weighted by Gasteiger charge is -2.36. The van der Waals surface area contributed by atoms with Crippen molar-refractivity contribution >= 4 is 23.0 Å². The Kier molecular flexibility index (Phi) is 6.26. The summed E-state index contributed by atoms with van der Waals surface area (Å²) in [7, 11) is 0. The molecule has 8 heteroatoms. The molecular formula is C25H31N5O3. The standard InChI is InChI=1S/C25H31N5O3/c1-16-2-8-21-25(27-16)29-24(28-21)18-5-9-22(26-15-18)30-12-10-20(11-13-30)33-19-6-3-17(4-7-19)14-23(31)32/h2,5,8-9,15,17,19-20H,3-4,6-7,10-14H2,1H3,(H,31,32)(H,27,28,29)/t17-,19-. The summed E-state index contributed by atoms with van der Waals surface area (Å²) >= 11 is 0. The number of anilines is 1. The van der Waals surface area contributed by atoms with E-state index in [0.717, 1.165) is 85.7 Å². The molecule has 0 bridgehead atoms. The van der Waals surface area contributed by atoms with Gasteiger partial charge in [0, 0.05) is 37.0 Å². The number of hydrogen-bond acceptors (Lipinski definition) is 6. The second kappa shape index (κ2) is 9.47. The zero-order valence-corrected chi connectivity index (χ0v) is 19.0. The van der Waals surface area contributed by atoms with Gasteiger partial charge in [0.2, 0.25) is 0 Å². The SMILES string of the molecule is Cc1ccc2[nH]c(-c3ccc(N4CCC(O[C@H]5CC[C@H](CC(=O)O)CC5)CC4)nc3)nc2n1. The Morgan fingerprint density at radius 1 is 1.06 bits per heavy atom. The molecule has 0 atom stereocenters. The number of carboxylic acid groups (broad SMARTS) is 1. The number of fused-ring (bicyclic) bond motifs is 1. The lowest BCUT2D eigenvalue weighted by atomic mass is 9.85. The van der Waals surface area contributed by atoms with Crippen LogP contribution in [0.2, 0.25) is 0 Å². The van der Waals surface area contributed by atoms with E-state index in [0.29, 0.717) is 12.3 Å². The number of aromatic nitrogens is 4. The number of carboxylic acids is 1. The molecule has 0 aromatic carbocycles. The van der Waals surface area contributed by atoms with Gasteiger partial charge in [-0.1, -0.05) is 0 Å². The molecule has 174 valence electrons. The van der Waals surface area contributed by atoms with E-state index in [2.05, 4.69) is 32.0 Å². The first-order valence-corrected chi connectivity index (χ1v) is 12.0. The fraction of sp³-hybridized carbons (Fsp3) is 0.520. The van der Waals surface area contributed by atoms with Crippen molar-refractivity contribution in [2.75, 3.05) is 18.0 Å². The number of rotatable bonds is 6. The summed E-state index contributed by atoms with van der Waals surface area (Å²) in [6, 6.07) is 8.10. The molecule has 1 saturated heterocycles. The predicted molar refractivity (Wildman–Crippen MR) is 126 cm³/mol. The molecule has 1 aliphatic carbocycles. The van der Waals surface area contributed by atoms with E-state index < -0.39 is 5.97 Å². The Morgan fingerprint density at radius 3 is 2.52 bits per heavy atom. The van der Waals surface area contributed by atoms with Gasteiger partial charge in [-0.15, -0.1) is 0 Å². The highest BCUT2D eigenvalue weighted by molar-refractivity contribution is 5.76. The van der Waals surface area contributed by atoms with Crippen LogP contribution in [0.3, 0.4) is 0 Å². The summed E-state index contributed by atoms with van der Waals surface area (Å²) in [5, 5.41) is 8.98. The van der Waals surface area contributed by atoms with Crippen LogP contribution >= 0.6 is 0 Å². The molecule has 33 heavy (non-hydrogen) atoms. The van der Waals surface area contributed by atoms with Crippen molar-refractivity contribution in [3.8, 4) is 11.4 Å². The van der Waals surface area contributed by atoms with Gasteiger partial charge >= 0.3 is 5.97 Å². The number of piperidine rings is 1. The Hall–Kier alpha value is -3.00. The van der Waals surface area contributed by atoms with Crippen molar-refractivity contribution in [2.45, 2.75) is 64.1 Å². The molecular weight excluding hydrogens is 418 g/mol. The summed E-state index contributed by atoms with van der Waals surface area (Å²) in [4.78, 5) is 30.3. The fourth-order valence-electron chi connectivity index (χ4n) is 5.05. The average Bonchev–Trinajstić information content (AvgIpc) is 3.24. The zero-order valence-electron chi connectivity index (χ0n) is 19.0. The first-order valence-electron chi connectivity index (χ1n) is 12.0. The molecule has 3 aromatic heterocycles. The molecule has 2 aliphatic rings. The van der Waals surface area contributed by atoms with E-state index in [1.165, 1.54) is 0 Å². The summed E-state index contributed by atoms with van der Waals surface area (Å²) in [5.74, 6) is 1.40. The van der Waals surface area contributed by atoms with E-state index in [9.17, 15) is 4.79 Å². The second-order valence-electron chi connectivity index (χ2n) is 9.38. The third-order valence-electron chi connectivity index (χ3n) is 6.91. The van der Waals surface area contributed by atoms with Gasteiger partial charge in [0.25, 0.3) is 0 Å². The van der Waals surface area contributed by atoms with Crippen LogP contribution in [0.15, 0.2) is 30.5 Å². The molecule has 4 heterocycles. The van der Waals surface area contributed by atoms with Crippen LogP contribution in [-0.2, 0) is 9.53 Å². The van der Waals surface area contributed by atoms with Crippen LogP contribution in [0.5, 0.6) is 0 Å². The maximum atomic E-state index is 10.9. The van der Waals surface area contributed by atoms with E-state index in [1.54, 1.807) is 0 Å². The number of imidazole rings is 1. The summed E-state index contributed by atoms with van der Waals surface area (Å²) < 4.78 is 6.37. The van der Waals surface area contributed by atoms with Crippen molar-refractivity contribution in [2.24, 2.45) is 5.92 Å². The molecule has 2 fully saturated rings. The highest BCUT2D eigenvalue weighted by atomic mass is 16.5. The van der Waals surface area contributed by atoms with Gasteiger partial charge in [0.05, 0.1) is 17.7 Å². The van der Waals surface area contributed by atoms with Gasteiger partial charge in [0.1, 0.15) is 11.6 Å². The number of ether oxygens (including phenoxy) is 1. The topological polar surface area (TPSA) is 104 Å². The van der Waals surface area contributed by atoms with Crippen molar-refractivity contribution < 1.29 is 14.6 Å². The number of pyridine rings is 2. The van der Waals surface area contributed by atoms with Crippen LogP contribution in [0.1, 0.15) is 50.6 Å². The number of aromatic amines is 1. The van der Waals surface area contributed by atoms with Gasteiger partial charge in [-0.3, -0.25) is 4.79 Å². The number of aryl methyl sites for hydroxylation is 1. The van der Waals surface area contributed by atoms with Crippen LogP contribution in [0.25, 0.3) is 22.6 Å². The summed E-state index contributed by atoms with van der Waals surface area (Å²) in [5.41, 5.74) is 3.56. The minimum atomic E-state index is -0.682. The molecule has 0 radical (unpaired) electrons. The highest BCUT2D eigenvalue weighted by Crippen LogP contribution is 2.31. The molecule has 1 saturated carbocycles. The minimum absolute atomic E-state index is 0.283. The molecule has 8 nitrogen and oxygen atoms in total. The lowest BCUT2D eigenvalue weighted by Crippen LogP contribution is -2.39. The molecule has 5 rings (SSSR count).